The number of hydrogen-bond acceptors (Lipinski definition) is 10. The number of pyridine rings is 2. The van der Waals surface area contributed by atoms with Gasteiger partial charge < -0.3 is 14.5 Å². The van der Waals surface area contributed by atoms with Crippen LogP contribution in [0.15, 0.2) is 59.3 Å². The highest BCUT2D eigenvalue weighted by atomic mass is 19.1. The fraction of sp³-hybridized carbons (Fsp3) is 0.154. The Morgan fingerprint density at radius 3 is 2.46 bits per heavy atom. The van der Waals surface area contributed by atoms with E-state index in [1.165, 1.54) is 37.0 Å². The zero-order valence-electron chi connectivity index (χ0n) is 21.8. The second kappa shape index (κ2) is 11.3. The maximum absolute atomic E-state index is 13.9. The van der Waals surface area contributed by atoms with E-state index in [9.17, 15) is 18.4 Å². The molecule has 0 radical (unpaired) electrons. The summed E-state index contributed by atoms with van der Waals surface area (Å²) in [6.07, 6.45) is -0.0430. The molecule has 1 atom stereocenters. The molecule has 2 N–H and O–H groups in total. The Hall–Kier alpha value is -5.60. The van der Waals surface area contributed by atoms with E-state index < -0.39 is 29.9 Å². The molecule has 4 aromatic heterocycles. The molecule has 41 heavy (non-hydrogen) atoms. The molecule has 15 heteroatoms. The topological polar surface area (TPSA) is 163 Å². The quantitative estimate of drug-likeness (QED) is 0.271. The van der Waals surface area contributed by atoms with Crippen LogP contribution < -0.4 is 10.6 Å². The number of anilines is 2. The highest BCUT2D eigenvalue weighted by Gasteiger charge is 2.22. The van der Waals surface area contributed by atoms with E-state index in [1.807, 2.05) is 0 Å². The minimum Gasteiger partial charge on any atom is -0.441 e. The van der Waals surface area contributed by atoms with E-state index in [1.54, 1.807) is 31.2 Å². The van der Waals surface area contributed by atoms with Crippen LogP contribution in [0, 0.1) is 18.7 Å². The Morgan fingerprint density at radius 1 is 1.00 bits per heavy atom. The number of carbonyl (C=O) groups excluding carboxylic acids is 2. The molecule has 0 bridgehead atoms. The number of ether oxygens (including phenoxy) is 1. The monoisotopic (exact) mass is 561 g/mol. The van der Waals surface area contributed by atoms with Gasteiger partial charge in [-0.1, -0.05) is 5.21 Å². The van der Waals surface area contributed by atoms with Crippen molar-refractivity contribution >= 4 is 23.5 Å². The second-order valence-electron chi connectivity index (χ2n) is 8.71. The molecule has 0 fully saturated rings. The maximum atomic E-state index is 13.9. The molecule has 208 valence electrons. The molecule has 5 rings (SSSR count). The number of aryl methyl sites for hydroxylation is 2. The van der Waals surface area contributed by atoms with Gasteiger partial charge in [0.1, 0.15) is 11.9 Å². The first-order valence-corrected chi connectivity index (χ1v) is 12.0. The molecule has 0 aliphatic rings. The van der Waals surface area contributed by atoms with Crippen molar-refractivity contribution in [1.82, 2.24) is 35.2 Å². The number of rotatable bonds is 7. The van der Waals surface area contributed by atoms with Crippen LogP contribution in [0.3, 0.4) is 0 Å². The SMILES string of the molecule is Cc1nnc(-c2ccc(NC(=O)c3ccc(-c4nnn(C)c4NC(=O)O[C@H](C)c4cc(F)cnc4F)nc3)cc2)o1. The number of halogens is 2. The normalized spacial score (nSPS) is 11.6. The van der Waals surface area contributed by atoms with E-state index >= 15 is 0 Å². The lowest BCUT2D eigenvalue weighted by Gasteiger charge is -2.15. The average molecular weight is 562 g/mol. The van der Waals surface area contributed by atoms with Gasteiger partial charge in [-0.25, -0.2) is 18.9 Å². The molecule has 13 nitrogen and oxygen atoms in total. The van der Waals surface area contributed by atoms with Gasteiger partial charge in [0.2, 0.25) is 17.7 Å². The fourth-order valence-corrected chi connectivity index (χ4v) is 3.72. The van der Waals surface area contributed by atoms with Crippen LogP contribution >= 0.6 is 0 Å². The zero-order valence-corrected chi connectivity index (χ0v) is 21.8. The molecule has 0 spiro atoms. The molecule has 0 saturated carbocycles. The summed E-state index contributed by atoms with van der Waals surface area (Å²) in [5, 5.41) is 20.9. The largest absolute Gasteiger partial charge is 0.441 e. The van der Waals surface area contributed by atoms with Crippen molar-refractivity contribution in [3.63, 3.8) is 0 Å². The molecule has 0 unspecified atom stereocenters. The molecule has 2 amide bonds. The molecule has 5 aromatic rings. The summed E-state index contributed by atoms with van der Waals surface area (Å²) in [5.41, 5.74) is 1.78. The first kappa shape index (κ1) is 27.0. The highest BCUT2D eigenvalue weighted by Crippen LogP contribution is 2.26. The minimum atomic E-state index is -1.14. The van der Waals surface area contributed by atoms with E-state index in [-0.39, 0.29) is 22.6 Å². The van der Waals surface area contributed by atoms with Crippen LogP contribution in [0.4, 0.5) is 25.1 Å². The third-order valence-electron chi connectivity index (χ3n) is 5.79. The first-order valence-electron chi connectivity index (χ1n) is 12.0. The number of benzene rings is 1. The van der Waals surface area contributed by atoms with Gasteiger partial charge in [-0.2, -0.15) is 4.39 Å². The van der Waals surface area contributed by atoms with Gasteiger partial charge in [-0.3, -0.25) is 15.1 Å². The predicted octanol–water partition coefficient (Wildman–Crippen LogP) is 4.47. The summed E-state index contributed by atoms with van der Waals surface area (Å²) in [6.45, 7) is 3.06. The van der Waals surface area contributed by atoms with Gasteiger partial charge in [-0.05, 0) is 49.4 Å². The Labute approximate surface area is 230 Å². The van der Waals surface area contributed by atoms with E-state index in [4.69, 9.17) is 9.15 Å². The molecular weight excluding hydrogens is 540 g/mol. The van der Waals surface area contributed by atoms with Gasteiger partial charge in [0.25, 0.3) is 5.91 Å². The van der Waals surface area contributed by atoms with Crippen LogP contribution in [-0.2, 0) is 11.8 Å². The van der Waals surface area contributed by atoms with Crippen molar-refractivity contribution in [2.24, 2.45) is 7.05 Å². The van der Waals surface area contributed by atoms with Crippen LogP contribution in [0.25, 0.3) is 22.8 Å². The minimum absolute atomic E-state index is 0.126. The zero-order chi connectivity index (χ0) is 29.1. The Balaban J connectivity index is 1.24. The van der Waals surface area contributed by atoms with Crippen molar-refractivity contribution in [3.8, 4) is 22.8 Å². The van der Waals surface area contributed by atoms with Crippen LogP contribution in [0.5, 0.6) is 0 Å². The first-order chi connectivity index (χ1) is 19.7. The Morgan fingerprint density at radius 2 is 1.78 bits per heavy atom. The number of carbonyl (C=O) groups is 2. The van der Waals surface area contributed by atoms with Crippen LogP contribution in [-0.4, -0.2) is 47.2 Å². The third kappa shape index (κ3) is 6.03. The number of nitrogens with zero attached hydrogens (tertiary/aromatic N) is 7. The van der Waals surface area contributed by atoms with Gasteiger partial charge in [-0.15, -0.1) is 15.3 Å². The average Bonchev–Trinajstić information content (AvgIpc) is 3.55. The van der Waals surface area contributed by atoms with Crippen molar-refractivity contribution < 1.29 is 27.5 Å². The van der Waals surface area contributed by atoms with E-state index in [0.717, 1.165) is 12.3 Å². The number of amides is 2. The third-order valence-corrected chi connectivity index (χ3v) is 5.79. The van der Waals surface area contributed by atoms with E-state index in [0.29, 0.717) is 28.7 Å². The fourth-order valence-electron chi connectivity index (χ4n) is 3.72. The van der Waals surface area contributed by atoms with Crippen molar-refractivity contribution in [2.75, 3.05) is 10.6 Å². The van der Waals surface area contributed by atoms with E-state index in [2.05, 4.69) is 41.1 Å². The van der Waals surface area contributed by atoms with Crippen LogP contribution in [0.1, 0.15) is 34.8 Å². The standard InChI is InChI=1S/C26H21F2N9O4/c1-13(19-10-17(27)12-30-22(19)28)40-26(39)32-23-21(34-36-37(23)3)20-9-6-16(11-29-20)24(38)31-18-7-4-15(5-8-18)25-35-33-14(2)41-25/h4-13H,1-3H3,(H,31,38)(H,32,39)/t13-/m1/s1. The molecule has 0 aliphatic carbocycles. The molecule has 0 saturated heterocycles. The van der Waals surface area contributed by atoms with Gasteiger partial charge in [0, 0.05) is 31.4 Å². The second-order valence-corrected chi connectivity index (χ2v) is 8.71. The number of hydrogen-bond donors (Lipinski definition) is 2. The predicted molar refractivity (Wildman–Crippen MR) is 139 cm³/mol. The summed E-state index contributed by atoms with van der Waals surface area (Å²) in [4.78, 5) is 32.8. The van der Waals surface area contributed by atoms with Crippen LogP contribution in [0.2, 0.25) is 0 Å². The molecule has 0 aliphatic heterocycles. The Kier molecular flexibility index (Phi) is 7.41. The molecule has 4 heterocycles. The van der Waals surface area contributed by atoms with Gasteiger partial charge in [0.05, 0.1) is 23.0 Å². The summed E-state index contributed by atoms with van der Waals surface area (Å²) >= 11 is 0. The number of nitrogens with one attached hydrogen (secondary N) is 2. The molecular formula is C26H21F2N9O4. The Bertz CT molecular complexity index is 1720. The summed E-state index contributed by atoms with van der Waals surface area (Å²) < 4.78 is 39.2. The van der Waals surface area contributed by atoms with Crippen molar-refractivity contribution in [3.05, 3.63) is 83.6 Å². The highest BCUT2D eigenvalue weighted by molar-refractivity contribution is 6.04. The summed E-state index contributed by atoms with van der Waals surface area (Å²) in [5.74, 6) is -1.19. The van der Waals surface area contributed by atoms with Crippen molar-refractivity contribution in [1.29, 1.82) is 0 Å². The maximum Gasteiger partial charge on any atom is 0.413 e. The summed E-state index contributed by atoms with van der Waals surface area (Å²) in [7, 11) is 1.53. The lowest BCUT2D eigenvalue weighted by atomic mass is 10.2. The van der Waals surface area contributed by atoms with Gasteiger partial charge >= 0.3 is 6.09 Å². The van der Waals surface area contributed by atoms with Gasteiger partial charge in [0.15, 0.2) is 11.5 Å². The lowest BCUT2D eigenvalue weighted by molar-refractivity contribution is 0.102. The van der Waals surface area contributed by atoms with Crippen molar-refractivity contribution in [2.45, 2.75) is 20.0 Å². The molecule has 1 aromatic carbocycles. The smallest absolute Gasteiger partial charge is 0.413 e. The summed E-state index contributed by atoms with van der Waals surface area (Å²) in [6, 6.07) is 10.8. The lowest BCUT2D eigenvalue weighted by Crippen LogP contribution is -2.19. The number of aromatic nitrogens is 7.